The second kappa shape index (κ2) is 2.71. The molecular weight excluding hydrogens is 150 g/mol. The summed E-state index contributed by atoms with van der Waals surface area (Å²) in [4.78, 5) is 0. The van der Waals surface area contributed by atoms with E-state index < -0.39 is 0 Å². The van der Waals surface area contributed by atoms with E-state index in [1.54, 1.807) is 7.11 Å². The molecule has 2 atom stereocenters. The van der Waals surface area contributed by atoms with Gasteiger partial charge in [-0.3, -0.25) is 0 Å². The van der Waals surface area contributed by atoms with Gasteiger partial charge in [0.1, 0.15) is 0 Å². The zero-order valence-corrected chi connectivity index (χ0v) is 8.85. The van der Waals surface area contributed by atoms with Gasteiger partial charge in [0.25, 0.3) is 0 Å². The monoisotopic (exact) mass is 171 g/mol. The van der Waals surface area contributed by atoms with E-state index in [2.05, 4.69) is 27.7 Å². The highest BCUT2D eigenvalue weighted by Gasteiger charge is 2.56. The lowest BCUT2D eigenvalue weighted by Crippen LogP contribution is -2.24. The van der Waals surface area contributed by atoms with E-state index in [4.69, 9.17) is 10.5 Å². The maximum Gasteiger partial charge on any atom is 0.0626 e. The van der Waals surface area contributed by atoms with Crippen LogP contribution in [-0.4, -0.2) is 18.8 Å². The molecule has 0 spiro atoms. The summed E-state index contributed by atoms with van der Waals surface area (Å²) in [6.45, 7) is 8.70. The lowest BCUT2D eigenvalue weighted by molar-refractivity contribution is 0.00803. The first-order valence-electron chi connectivity index (χ1n) is 4.62. The van der Waals surface area contributed by atoms with E-state index >= 15 is 0 Å². The Morgan fingerprint density at radius 3 is 2.08 bits per heavy atom. The molecule has 2 N–H and O–H groups in total. The fourth-order valence-electron chi connectivity index (χ4n) is 1.79. The van der Waals surface area contributed by atoms with Crippen LogP contribution in [0, 0.1) is 11.3 Å². The van der Waals surface area contributed by atoms with Crippen LogP contribution in [0.2, 0.25) is 0 Å². The average Bonchev–Trinajstić information content (AvgIpc) is 2.39. The van der Waals surface area contributed by atoms with Crippen LogP contribution in [0.15, 0.2) is 0 Å². The molecule has 1 saturated carbocycles. The molecule has 0 aromatic carbocycles. The number of hydrogen-bond acceptors (Lipinski definition) is 2. The fraction of sp³-hybridized carbons (Fsp3) is 1.00. The Morgan fingerprint density at radius 1 is 1.42 bits per heavy atom. The molecule has 1 rings (SSSR count). The van der Waals surface area contributed by atoms with Gasteiger partial charge < -0.3 is 10.5 Å². The van der Waals surface area contributed by atoms with Crippen LogP contribution in [0.25, 0.3) is 0 Å². The van der Waals surface area contributed by atoms with Crippen molar-refractivity contribution in [1.82, 2.24) is 0 Å². The Kier molecular flexibility index (Phi) is 2.26. The molecule has 72 valence electrons. The first kappa shape index (κ1) is 10.0. The van der Waals surface area contributed by atoms with Crippen molar-refractivity contribution < 1.29 is 4.74 Å². The van der Waals surface area contributed by atoms with Gasteiger partial charge in [0.2, 0.25) is 0 Å². The van der Waals surface area contributed by atoms with Gasteiger partial charge in [-0.25, -0.2) is 0 Å². The second-order valence-corrected chi connectivity index (χ2v) is 5.12. The number of nitrogens with two attached hydrogens (primary N) is 1. The average molecular weight is 171 g/mol. The molecule has 0 saturated heterocycles. The van der Waals surface area contributed by atoms with Gasteiger partial charge in [-0.15, -0.1) is 0 Å². The minimum atomic E-state index is -0.0178. The van der Waals surface area contributed by atoms with Crippen LogP contribution in [0.5, 0.6) is 0 Å². The van der Waals surface area contributed by atoms with Gasteiger partial charge in [-0.1, -0.05) is 13.8 Å². The third kappa shape index (κ3) is 1.64. The van der Waals surface area contributed by atoms with Crippen molar-refractivity contribution in [2.75, 3.05) is 7.11 Å². The third-order valence-corrected chi connectivity index (χ3v) is 3.40. The first-order chi connectivity index (χ1) is 5.31. The SMILES string of the molecule is COC(C)(C)C[C@H]1[C@H](N)C1(C)C. The molecule has 2 nitrogen and oxygen atoms in total. The number of methoxy groups -OCH3 is 1. The molecule has 1 fully saturated rings. The summed E-state index contributed by atoms with van der Waals surface area (Å²) >= 11 is 0. The van der Waals surface area contributed by atoms with Crippen LogP contribution in [-0.2, 0) is 4.74 Å². The summed E-state index contributed by atoms with van der Waals surface area (Å²) in [5.74, 6) is 0.632. The maximum absolute atomic E-state index is 5.95. The van der Waals surface area contributed by atoms with Crippen molar-refractivity contribution >= 4 is 0 Å². The Morgan fingerprint density at radius 2 is 1.83 bits per heavy atom. The molecule has 0 heterocycles. The summed E-state index contributed by atoms with van der Waals surface area (Å²) in [5, 5.41) is 0. The van der Waals surface area contributed by atoms with Crippen LogP contribution in [0.3, 0.4) is 0 Å². The van der Waals surface area contributed by atoms with Gasteiger partial charge in [-0.2, -0.15) is 0 Å². The standard InChI is InChI=1S/C10H21NO/c1-9(2,12-5)6-7-8(11)10(7,3)4/h7-8H,6,11H2,1-5H3/t7-,8-/m0/s1. The van der Waals surface area contributed by atoms with Gasteiger partial charge in [0.15, 0.2) is 0 Å². The van der Waals surface area contributed by atoms with Crippen LogP contribution in [0.4, 0.5) is 0 Å². The van der Waals surface area contributed by atoms with Crippen molar-refractivity contribution in [1.29, 1.82) is 0 Å². The molecular formula is C10H21NO. The summed E-state index contributed by atoms with van der Waals surface area (Å²) in [6.07, 6.45) is 1.07. The van der Waals surface area contributed by atoms with E-state index in [-0.39, 0.29) is 5.60 Å². The minimum absolute atomic E-state index is 0.0178. The highest BCUT2D eigenvalue weighted by molar-refractivity contribution is 5.10. The molecule has 0 amide bonds. The predicted molar refractivity (Wildman–Crippen MR) is 51.0 cm³/mol. The van der Waals surface area contributed by atoms with E-state index in [1.165, 1.54) is 0 Å². The summed E-state index contributed by atoms with van der Waals surface area (Å²) in [5.41, 5.74) is 6.26. The summed E-state index contributed by atoms with van der Waals surface area (Å²) in [6, 6.07) is 0.368. The van der Waals surface area contributed by atoms with E-state index in [9.17, 15) is 0 Å². The van der Waals surface area contributed by atoms with Crippen molar-refractivity contribution in [3.63, 3.8) is 0 Å². The molecule has 0 aromatic rings. The molecule has 0 bridgehead atoms. The van der Waals surface area contributed by atoms with E-state index in [1.807, 2.05) is 0 Å². The zero-order valence-electron chi connectivity index (χ0n) is 8.85. The lowest BCUT2D eigenvalue weighted by Gasteiger charge is -2.23. The van der Waals surface area contributed by atoms with Gasteiger partial charge in [0.05, 0.1) is 5.60 Å². The largest absolute Gasteiger partial charge is 0.379 e. The van der Waals surface area contributed by atoms with Crippen LogP contribution >= 0.6 is 0 Å². The van der Waals surface area contributed by atoms with Crippen molar-refractivity contribution in [3.05, 3.63) is 0 Å². The number of hydrogen-bond donors (Lipinski definition) is 1. The molecule has 2 heteroatoms. The van der Waals surface area contributed by atoms with E-state index in [0.717, 1.165) is 6.42 Å². The smallest absolute Gasteiger partial charge is 0.0626 e. The van der Waals surface area contributed by atoms with Crippen LogP contribution in [0.1, 0.15) is 34.1 Å². The maximum atomic E-state index is 5.95. The second-order valence-electron chi connectivity index (χ2n) is 5.12. The van der Waals surface area contributed by atoms with Crippen molar-refractivity contribution in [2.24, 2.45) is 17.1 Å². The fourth-order valence-corrected chi connectivity index (χ4v) is 1.79. The summed E-state index contributed by atoms with van der Waals surface area (Å²) < 4.78 is 5.37. The first-order valence-corrected chi connectivity index (χ1v) is 4.62. The molecule has 0 radical (unpaired) electrons. The van der Waals surface area contributed by atoms with E-state index in [0.29, 0.717) is 17.4 Å². The highest BCUT2D eigenvalue weighted by Crippen LogP contribution is 2.54. The quantitative estimate of drug-likeness (QED) is 0.702. The Labute approximate surface area is 75.5 Å². The molecule has 0 aromatic heterocycles. The molecule has 1 aliphatic rings. The Balaban J connectivity index is 2.46. The normalized spacial score (nSPS) is 33.5. The van der Waals surface area contributed by atoms with Crippen LogP contribution < -0.4 is 5.73 Å². The molecule has 12 heavy (non-hydrogen) atoms. The molecule has 1 aliphatic carbocycles. The number of rotatable bonds is 3. The molecule has 0 unspecified atom stereocenters. The van der Waals surface area contributed by atoms with Gasteiger partial charge in [0, 0.05) is 13.2 Å². The van der Waals surface area contributed by atoms with Gasteiger partial charge in [-0.05, 0) is 31.6 Å². The predicted octanol–water partition coefficient (Wildman–Crippen LogP) is 1.78. The highest BCUT2D eigenvalue weighted by atomic mass is 16.5. The minimum Gasteiger partial charge on any atom is -0.379 e. The topological polar surface area (TPSA) is 35.2 Å². The molecule has 0 aliphatic heterocycles. The van der Waals surface area contributed by atoms with Crippen molar-refractivity contribution in [2.45, 2.75) is 45.8 Å². The Bertz CT molecular complexity index is 175. The number of ether oxygens (including phenoxy) is 1. The zero-order chi connectivity index (χ0) is 9.57. The van der Waals surface area contributed by atoms with Crippen molar-refractivity contribution in [3.8, 4) is 0 Å². The summed E-state index contributed by atoms with van der Waals surface area (Å²) in [7, 11) is 1.76. The van der Waals surface area contributed by atoms with Gasteiger partial charge >= 0.3 is 0 Å². The Hall–Kier alpha value is -0.0800. The third-order valence-electron chi connectivity index (χ3n) is 3.40. The lowest BCUT2D eigenvalue weighted by atomic mass is 9.97.